The van der Waals surface area contributed by atoms with Gasteiger partial charge in [0.25, 0.3) is 5.91 Å². The topological polar surface area (TPSA) is 121 Å². The number of aliphatic hydroxyl groups is 1. The quantitative estimate of drug-likeness (QED) is 0.578. The fraction of sp³-hybridized carbons (Fsp3) is 0.176. The van der Waals surface area contributed by atoms with Gasteiger partial charge < -0.3 is 15.5 Å². The van der Waals surface area contributed by atoms with Crippen molar-refractivity contribution in [2.24, 2.45) is 0 Å². The Hall–Kier alpha value is -2.70. The van der Waals surface area contributed by atoms with Crippen LogP contribution in [0.5, 0.6) is 0 Å². The molecule has 7 nitrogen and oxygen atoms in total. The number of alkyl halides is 3. The van der Waals surface area contributed by atoms with E-state index in [9.17, 15) is 40.7 Å². The maximum absolute atomic E-state index is 14.6. The van der Waals surface area contributed by atoms with Crippen molar-refractivity contribution >= 4 is 39.0 Å². The van der Waals surface area contributed by atoms with Gasteiger partial charge in [0.15, 0.2) is 5.82 Å². The van der Waals surface area contributed by atoms with E-state index in [0.717, 1.165) is 30.3 Å². The van der Waals surface area contributed by atoms with E-state index in [1.54, 1.807) is 5.32 Å². The first-order chi connectivity index (χ1) is 13.6. The van der Waals surface area contributed by atoms with Crippen molar-refractivity contribution in [2.75, 3.05) is 5.32 Å². The third-order valence-corrected chi connectivity index (χ3v) is 6.15. The number of carbonyl (C=O) groups excluding carboxylic acids is 1. The van der Waals surface area contributed by atoms with Crippen LogP contribution in [0.15, 0.2) is 46.2 Å². The summed E-state index contributed by atoms with van der Waals surface area (Å²) in [7, 11) is -4.53. The van der Waals surface area contributed by atoms with Gasteiger partial charge in [0.2, 0.25) is 15.4 Å². The SMILES string of the molecule is C[C@@](O)(C(=O)Nc1ccc(S(=O)(=O)c2ccc(C(=O)O)cc2)c(F)c1Cl)C(F)(F)F. The van der Waals surface area contributed by atoms with Gasteiger partial charge >= 0.3 is 12.1 Å². The van der Waals surface area contributed by atoms with Crippen molar-refractivity contribution in [2.45, 2.75) is 28.5 Å². The number of amides is 1. The minimum Gasteiger partial charge on any atom is -0.478 e. The average molecular weight is 470 g/mol. The zero-order valence-corrected chi connectivity index (χ0v) is 16.4. The number of anilines is 1. The molecule has 0 bridgehead atoms. The number of hydrogen-bond donors (Lipinski definition) is 3. The Morgan fingerprint density at radius 2 is 1.60 bits per heavy atom. The second-order valence-corrected chi connectivity index (χ2v) is 8.39. The summed E-state index contributed by atoms with van der Waals surface area (Å²) in [5.41, 5.74) is -4.74. The van der Waals surface area contributed by atoms with E-state index in [1.165, 1.54) is 0 Å². The van der Waals surface area contributed by atoms with E-state index >= 15 is 0 Å². The molecule has 2 rings (SSSR count). The Balaban J connectivity index is 2.43. The van der Waals surface area contributed by atoms with Gasteiger partial charge in [-0.05, 0) is 43.3 Å². The lowest BCUT2D eigenvalue weighted by Crippen LogP contribution is -2.52. The fourth-order valence-corrected chi connectivity index (χ4v) is 3.71. The summed E-state index contributed by atoms with van der Waals surface area (Å²) in [6, 6.07) is 5.18. The highest BCUT2D eigenvalue weighted by Crippen LogP contribution is 2.35. The molecule has 0 radical (unpaired) electrons. The van der Waals surface area contributed by atoms with Crippen LogP contribution < -0.4 is 5.32 Å². The number of sulfone groups is 1. The molecule has 0 heterocycles. The molecule has 1 amide bonds. The summed E-state index contributed by atoms with van der Waals surface area (Å²) in [6.45, 7) is 0.173. The smallest absolute Gasteiger partial charge is 0.426 e. The lowest BCUT2D eigenvalue weighted by atomic mass is 10.1. The van der Waals surface area contributed by atoms with Gasteiger partial charge in [-0.2, -0.15) is 13.2 Å². The van der Waals surface area contributed by atoms with E-state index in [1.807, 2.05) is 0 Å². The van der Waals surface area contributed by atoms with Crippen LogP contribution in [0, 0.1) is 5.82 Å². The normalized spacial score (nSPS) is 14.1. The molecule has 0 saturated carbocycles. The number of aromatic carboxylic acids is 1. The fourth-order valence-electron chi connectivity index (χ4n) is 2.11. The largest absolute Gasteiger partial charge is 0.478 e. The molecular formula is C17H12ClF4NO6S. The highest BCUT2D eigenvalue weighted by atomic mass is 35.5. The minimum absolute atomic E-state index is 0.173. The summed E-state index contributed by atoms with van der Waals surface area (Å²) in [5, 5.41) is 18.7. The lowest BCUT2D eigenvalue weighted by molar-refractivity contribution is -0.242. The van der Waals surface area contributed by atoms with E-state index in [4.69, 9.17) is 16.7 Å². The molecule has 0 spiro atoms. The number of hydrogen-bond acceptors (Lipinski definition) is 5. The zero-order chi connectivity index (χ0) is 23.1. The summed E-state index contributed by atoms with van der Waals surface area (Å²) in [4.78, 5) is 21.1. The summed E-state index contributed by atoms with van der Waals surface area (Å²) in [5.74, 6) is -4.84. The predicted octanol–water partition coefficient (Wildman–Crippen LogP) is 3.26. The molecule has 0 aliphatic heterocycles. The molecular weight excluding hydrogens is 458 g/mol. The molecule has 162 valence electrons. The van der Waals surface area contributed by atoms with Crippen LogP contribution in [0.3, 0.4) is 0 Å². The Labute approximate surface area is 171 Å². The van der Waals surface area contributed by atoms with Crippen LogP contribution in [-0.4, -0.2) is 42.3 Å². The van der Waals surface area contributed by atoms with Gasteiger partial charge in [-0.15, -0.1) is 0 Å². The summed E-state index contributed by atoms with van der Waals surface area (Å²) >= 11 is 5.67. The van der Waals surface area contributed by atoms with Crippen LogP contribution in [0.2, 0.25) is 5.02 Å². The summed E-state index contributed by atoms with van der Waals surface area (Å²) in [6.07, 6.45) is -5.34. The van der Waals surface area contributed by atoms with Crippen molar-refractivity contribution in [3.63, 3.8) is 0 Å². The predicted molar refractivity (Wildman–Crippen MR) is 95.6 cm³/mol. The van der Waals surface area contributed by atoms with Crippen molar-refractivity contribution in [1.82, 2.24) is 0 Å². The second-order valence-electron chi connectivity index (χ2n) is 6.10. The van der Waals surface area contributed by atoms with Crippen LogP contribution in [0.25, 0.3) is 0 Å². The monoisotopic (exact) mass is 469 g/mol. The Bertz CT molecular complexity index is 1110. The molecule has 0 aliphatic carbocycles. The Morgan fingerprint density at radius 3 is 2.07 bits per heavy atom. The number of halogens is 5. The lowest BCUT2D eigenvalue weighted by Gasteiger charge is -2.25. The first-order valence-corrected chi connectivity index (χ1v) is 9.64. The molecule has 0 fully saturated rings. The number of benzene rings is 2. The molecule has 0 saturated heterocycles. The second kappa shape index (κ2) is 7.85. The Kier molecular flexibility index (Phi) is 6.17. The van der Waals surface area contributed by atoms with Crippen molar-refractivity contribution in [3.8, 4) is 0 Å². The van der Waals surface area contributed by atoms with E-state index in [0.29, 0.717) is 6.07 Å². The third kappa shape index (κ3) is 4.25. The number of rotatable bonds is 5. The van der Waals surface area contributed by atoms with Crippen LogP contribution in [0.1, 0.15) is 17.3 Å². The first-order valence-electron chi connectivity index (χ1n) is 7.77. The third-order valence-electron chi connectivity index (χ3n) is 3.99. The molecule has 0 aromatic heterocycles. The number of carboxylic acids is 1. The highest BCUT2D eigenvalue weighted by molar-refractivity contribution is 7.91. The van der Waals surface area contributed by atoms with Crippen molar-refractivity contribution < 1.29 is 45.8 Å². The molecule has 3 N–H and O–H groups in total. The molecule has 0 unspecified atom stereocenters. The molecule has 1 atom stereocenters. The van der Waals surface area contributed by atoms with Crippen molar-refractivity contribution in [3.05, 3.63) is 52.8 Å². The zero-order valence-electron chi connectivity index (χ0n) is 14.8. The van der Waals surface area contributed by atoms with Crippen LogP contribution in [-0.2, 0) is 14.6 Å². The van der Waals surface area contributed by atoms with Gasteiger partial charge in [0.1, 0.15) is 9.92 Å². The van der Waals surface area contributed by atoms with Gasteiger partial charge in [-0.25, -0.2) is 17.6 Å². The number of carboxylic acid groups (broad SMARTS) is 1. The average Bonchev–Trinajstić information content (AvgIpc) is 2.64. The molecule has 2 aromatic rings. The highest BCUT2D eigenvalue weighted by Gasteiger charge is 2.55. The van der Waals surface area contributed by atoms with Crippen molar-refractivity contribution in [1.29, 1.82) is 0 Å². The standard InChI is InChI=1S/C17H12ClF4NO6S/c1-16(27,17(20,21)22)15(26)23-10-6-7-11(13(19)12(10)18)30(28,29)9-4-2-8(3-5-9)14(24)25/h2-7,27H,1H3,(H,23,26)(H,24,25)/t16-/m1/s1. The van der Waals surface area contributed by atoms with E-state index in [-0.39, 0.29) is 12.5 Å². The summed E-state index contributed by atoms with van der Waals surface area (Å²) < 4.78 is 77.9. The van der Waals surface area contributed by atoms with Crippen LogP contribution >= 0.6 is 11.6 Å². The van der Waals surface area contributed by atoms with Gasteiger partial charge in [-0.1, -0.05) is 11.6 Å². The Morgan fingerprint density at radius 1 is 1.07 bits per heavy atom. The van der Waals surface area contributed by atoms with E-state index in [2.05, 4.69) is 0 Å². The van der Waals surface area contributed by atoms with Crippen LogP contribution in [0.4, 0.5) is 23.2 Å². The first kappa shape index (κ1) is 23.6. The minimum atomic E-state index is -5.34. The molecule has 0 aliphatic rings. The van der Waals surface area contributed by atoms with E-state index < -0.39 is 59.8 Å². The number of carbonyl (C=O) groups is 2. The van der Waals surface area contributed by atoms with Gasteiger partial charge in [-0.3, -0.25) is 4.79 Å². The molecule has 13 heteroatoms. The maximum atomic E-state index is 14.6. The molecule has 30 heavy (non-hydrogen) atoms. The maximum Gasteiger partial charge on any atom is 0.426 e. The molecule has 2 aromatic carbocycles. The van der Waals surface area contributed by atoms with Gasteiger partial charge in [0, 0.05) is 0 Å². The van der Waals surface area contributed by atoms with Gasteiger partial charge in [0.05, 0.1) is 16.1 Å². The number of nitrogens with one attached hydrogen (secondary N) is 1.